The van der Waals surface area contributed by atoms with Crippen LogP contribution in [0.1, 0.15) is 69.2 Å². The quantitative estimate of drug-likeness (QED) is 0.0924. The summed E-state index contributed by atoms with van der Waals surface area (Å²) in [5, 5.41) is 34.6. The maximum absolute atomic E-state index is 11.4. The van der Waals surface area contributed by atoms with Crippen molar-refractivity contribution in [2.45, 2.75) is 88.1 Å². The Morgan fingerprint density at radius 2 is 1.27 bits per heavy atom. The molecule has 0 radical (unpaired) electrons. The third-order valence-electron chi connectivity index (χ3n) is 10.4. The lowest BCUT2D eigenvalue weighted by Crippen LogP contribution is -2.36. The fourth-order valence-electron chi connectivity index (χ4n) is 7.85. The first-order valence-electron chi connectivity index (χ1n) is 17.3. The number of aliphatic hydroxyl groups is 2. The molecule has 2 fully saturated rings. The smallest absolute Gasteiger partial charge is 0.114 e. The molecule has 0 spiro atoms. The standard InChI is InChI=1S/C36H42Cl2N6O2S2/c37-21-9-19-11-29(42-33(19)27(13-21)39-23-5-1-2-6-23)35-41-25(17-47-35)15-32(46)26(16-45)31-18-48-36(44-31)30-12-20-10-22(38)14-28(34(20)43-30)40-24-7-3-4-8-24/h9-14,23-26,31-32,39-40,42-43,45-46H,1-8,15-18H2/t25-,26?,31+,32?/m1/s1. The van der Waals surface area contributed by atoms with Gasteiger partial charge >= 0.3 is 0 Å². The molecule has 12 heteroatoms. The second-order valence-corrected chi connectivity index (χ2v) is 16.7. The first-order chi connectivity index (χ1) is 23.4. The zero-order chi connectivity index (χ0) is 32.8. The number of nitrogens with zero attached hydrogens (tertiary/aromatic N) is 2. The summed E-state index contributed by atoms with van der Waals surface area (Å²) in [5.41, 5.74) is 6.10. The molecule has 48 heavy (non-hydrogen) atoms. The van der Waals surface area contributed by atoms with E-state index in [9.17, 15) is 10.2 Å². The van der Waals surface area contributed by atoms with Gasteiger partial charge in [-0.25, -0.2) is 0 Å². The predicted octanol–water partition coefficient (Wildman–Crippen LogP) is 8.45. The van der Waals surface area contributed by atoms with E-state index in [2.05, 4.69) is 32.7 Å². The number of thioether (sulfide) groups is 2. The maximum atomic E-state index is 11.4. The van der Waals surface area contributed by atoms with E-state index in [0.717, 1.165) is 65.4 Å². The number of nitrogens with one attached hydrogen (secondary N) is 4. The number of rotatable bonds is 11. The van der Waals surface area contributed by atoms with Crippen molar-refractivity contribution in [3.63, 3.8) is 0 Å². The van der Waals surface area contributed by atoms with Gasteiger partial charge in [0.15, 0.2) is 0 Å². The Balaban J connectivity index is 0.951. The zero-order valence-corrected chi connectivity index (χ0v) is 29.9. The lowest BCUT2D eigenvalue weighted by Gasteiger charge is -2.25. The van der Waals surface area contributed by atoms with E-state index in [0.29, 0.717) is 29.3 Å². The first-order valence-corrected chi connectivity index (χ1v) is 20.0. The molecule has 2 aliphatic carbocycles. The first kappa shape index (κ1) is 32.8. The van der Waals surface area contributed by atoms with E-state index in [1.54, 1.807) is 23.5 Å². The second kappa shape index (κ2) is 14.1. The van der Waals surface area contributed by atoms with Crippen LogP contribution in [0.2, 0.25) is 10.0 Å². The van der Waals surface area contributed by atoms with Gasteiger partial charge in [0.05, 0.1) is 58.6 Å². The summed E-state index contributed by atoms with van der Waals surface area (Å²) in [6, 6.07) is 13.0. The number of hydrogen-bond acceptors (Lipinski definition) is 8. The van der Waals surface area contributed by atoms with Gasteiger partial charge in [0.25, 0.3) is 0 Å². The zero-order valence-electron chi connectivity index (χ0n) is 26.8. The van der Waals surface area contributed by atoms with Gasteiger partial charge < -0.3 is 30.8 Å². The molecule has 8 rings (SSSR count). The topological polar surface area (TPSA) is 121 Å². The average Bonchev–Trinajstić information content (AvgIpc) is 3.89. The van der Waals surface area contributed by atoms with Crippen molar-refractivity contribution in [3.05, 3.63) is 57.8 Å². The Morgan fingerprint density at radius 3 is 1.81 bits per heavy atom. The van der Waals surface area contributed by atoms with Gasteiger partial charge in [0, 0.05) is 50.3 Å². The van der Waals surface area contributed by atoms with Crippen molar-refractivity contribution < 1.29 is 10.2 Å². The minimum atomic E-state index is -0.718. The molecule has 2 unspecified atom stereocenters. The van der Waals surface area contributed by atoms with Gasteiger partial charge in [-0.3, -0.25) is 9.98 Å². The van der Waals surface area contributed by atoms with E-state index >= 15 is 0 Å². The number of benzene rings is 2. The van der Waals surface area contributed by atoms with Gasteiger partial charge in [0.1, 0.15) is 10.1 Å². The van der Waals surface area contributed by atoms with Crippen LogP contribution in [-0.4, -0.2) is 78.7 Å². The fraction of sp³-hybridized carbons (Fsp3) is 0.500. The van der Waals surface area contributed by atoms with Crippen LogP contribution in [0.25, 0.3) is 21.8 Å². The van der Waals surface area contributed by atoms with Crippen LogP contribution in [0.15, 0.2) is 46.4 Å². The summed E-state index contributed by atoms with van der Waals surface area (Å²) >= 11 is 16.4. The van der Waals surface area contributed by atoms with Crippen LogP contribution in [-0.2, 0) is 0 Å². The van der Waals surface area contributed by atoms with Crippen molar-refractivity contribution >= 4 is 90.0 Å². The molecule has 4 aliphatic rings. The number of aliphatic imine (C=N–C) groups is 2. The highest BCUT2D eigenvalue weighted by Gasteiger charge is 2.35. The van der Waals surface area contributed by atoms with E-state index < -0.39 is 6.10 Å². The largest absolute Gasteiger partial charge is 0.396 e. The summed E-state index contributed by atoms with van der Waals surface area (Å²) in [6.07, 6.45) is 9.55. The van der Waals surface area contributed by atoms with Crippen LogP contribution < -0.4 is 10.6 Å². The Morgan fingerprint density at radius 1 is 0.750 bits per heavy atom. The molecule has 0 saturated heterocycles. The second-order valence-electron chi connectivity index (χ2n) is 13.8. The van der Waals surface area contributed by atoms with E-state index in [4.69, 9.17) is 33.2 Å². The number of aromatic amines is 2. The Labute approximate surface area is 299 Å². The van der Waals surface area contributed by atoms with Crippen LogP contribution in [0, 0.1) is 5.92 Å². The third-order valence-corrected chi connectivity index (χ3v) is 13.1. The average molecular weight is 726 g/mol. The van der Waals surface area contributed by atoms with Gasteiger partial charge in [-0.1, -0.05) is 48.9 Å². The Bertz CT molecular complexity index is 1860. The highest BCUT2D eigenvalue weighted by molar-refractivity contribution is 8.15. The molecule has 4 atom stereocenters. The normalized spacial score (nSPS) is 23.3. The van der Waals surface area contributed by atoms with Crippen molar-refractivity contribution in [2.24, 2.45) is 15.9 Å². The van der Waals surface area contributed by atoms with Gasteiger partial charge in [0.2, 0.25) is 0 Å². The lowest BCUT2D eigenvalue weighted by atomic mass is 9.92. The molecule has 6 N–H and O–H groups in total. The molecule has 2 aromatic carbocycles. The highest BCUT2D eigenvalue weighted by atomic mass is 35.5. The molecule has 4 aromatic rings. The number of H-pyrrole nitrogens is 2. The number of aromatic nitrogens is 2. The van der Waals surface area contributed by atoms with Crippen LogP contribution >= 0.6 is 46.7 Å². The van der Waals surface area contributed by atoms with Crippen molar-refractivity contribution in [3.8, 4) is 0 Å². The predicted molar refractivity (Wildman–Crippen MR) is 205 cm³/mol. The molecule has 2 aromatic heterocycles. The van der Waals surface area contributed by atoms with Crippen molar-refractivity contribution in [1.29, 1.82) is 0 Å². The summed E-state index contributed by atoms with van der Waals surface area (Å²) in [7, 11) is 0. The molecule has 0 bridgehead atoms. The summed E-state index contributed by atoms with van der Waals surface area (Å²) < 4.78 is 0. The summed E-state index contributed by atoms with van der Waals surface area (Å²) in [4.78, 5) is 17.2. The lowest BCUT2D eigenvalue weighted by molar-refractivity contribution is 0.0486. The van der Waals surface area contributed by atoms with E-state index in [-0.39, 0.29) is 24.6 Å². The molecule has 2 aliphatic heterocycles. The summed E-state index contributed by atoms with van der Waals surface area (Å²) in [6.45, 7) is -0.128. The Hall–Kier alpha value is -2.34. The Kier molecular flexibility index (Phi) is 9.66. The van der Waals surface area contributed by atoms with Crippen LogP contribution in [0.3, 0.4) is 0 Å². The van der Waals surface area contributed by atoms with E-state index in [1.807, 2.05) is 24.3 Å². The van der Waals surface area contributed by atoms with Gasteiger partial charge in [-0.2, -0.15) is 0 Å². The molecular formula is C36H42Cl2N6O2S2. The minimum absolute atomic E-state index is 0.0399. The fourth-order valence-corrected chi connectivity index (χ4v) is 10.5. The number of anilines is 2. The van der Waals surface area contributed by atoms with Gasteiger partial charge in [-0.05, 0) is 68.5 Å². The molecule has 4 heterocycles. The molecule has 0 amide bonds. The molecule has 254 valence electrons. The highest BCUT2D eigenvalue weighted by Crippen LogP contribution is 2.37. The number of fused-ring (bicyclic) bond motifs is 2. The van der Waals surface area contributed by atoms with Crippen LogP contribution in [0.4, 0.5) is 11.4 Å². The third kappa shape index (κ3) is 6.86. The molecular weight excluding hydrogens is 683 g/mol. The molecule has 8 nitrogen and oxygen atoms in total. The SMILES string of the molecule is OCC(C(O)C[C@@H]1CSC(c2cc3cc(Cl)cc(NC4CCCC4)c3[nH]2)=N1)[C@@H]1CSC(c2cc3cc(Cl)cc(NC4CCCC4)c3[nH]2)=N1. The molecule has 2 saturated carbocycles. The maximum Gasteiger partial charge on any atom is 0.114 e. The van der Waals surface area contributed by atoms with Gasteiger partial charge in [-0.15, -0.1) is 23.5 Å². The van der Waals surface area contributed by atoms with Crippen LogP contribution in [0.5, 0.6) is 0 Å². The van der Waals surface area contributed by atoms with Crippen molar-refractivity contribution in [1.82, 2.24) is 9.97 Å². The number of aliphatic hydroxyl groups excluding tert-OH is 2. The minimum Gasteiger partial charge on any atom is -0.396 e. The van der Waals surface area contributed by atoms with E-state index in [1.165, 1.54) is 51.4 Å². The number of hydrogen-bond donors (Lipinski definition) is 6. The monoisotopic (exact) mass is 724 g/mol. The van der Waals surface area contributed by atoms with Crippen molar-refractivity contribution in [2.75, 3.05) is 28.7 Å². The summed E-state index contributed by atoms with van der Waals surface area (Å²) in [5.74, 6) is 1.14. The number of halogens is 2.